The van der Waals surface area contributed by atoms with Crippen molar-refractivity contribution < 1.29 is 45.1 Å². The third-order valence-electron chi connectivity index (χ3n) is 0.730. The summed E-state index contributed by atoms with van der Waals surface area (Å²) < 4.78 is 15.0. The van der Waals surface area contributed by atoms with Crippen molar-refractivity contribution in [3.63, 3.8) is 0 Å². The van der Waals surface area contributed by atoms with Crippen LogP contribution in [-0.2, 0) is 9.09 Å². The van der Waals surface area contributed by atoms with Crippen LogP contribution in [0.1, 0.15) is 13.8 Å². The van der Waals surface area contributed by atoms with E-state index in [4.69, 9.17) is 4.89 Å². The molecule has 1 atom stereocenters. The fourth-order valence-electron chi connectivity index (χ4n) is 0.293. The average Bonchev–Trinajstić information content (AvgIpc) is 1.67. The summed E-state index contributed by atoms with van der Waals surface area (Å²) in [5.74, 6) is 0. The Hall–Kier alpha value is 1.20. The van der Waals surface area contributed by atoms with Crippen LogP contribution >= 0.6 is 7.60 Å². The van der Waals surface area contributed by atoms with Gasteiger partial charge in [-0.3, -0.25) is 4.57 Å². The first kappa shape index (κ1) is 12.8. The average molecular weight is 376 g/mol. The van der Waals surface area contributed by atoms with Gasteiger partial charge >= 0.3 is 7.60 Å². The summed E-state index contributed by atoms with van der Waals surface area (Å²) >= 11 is 0. The first-order valence-corrected chi connectivity index (χ1v) is 4.35. The first-order valence-electron chi connectivity index (χ1n) is 2.58. The standard InChI is InChI=1S/C4H11O3P.U/c1-3-7-8(5,6)4-2;/h3-4H2,1-2H3,(H,5,6);. The van der Waals surface area contributed by atoms with E-state index in [9.17, 15) is 4.57 Å². The maximum Gasteiger partial charge on any atom is 0.327 e. The third kappa shape index (κ3) is 7.09. The van der Waals surface area contributed by atoms with Crippen LogP contribution in [0.25, 0.3) is 0 Å². The van der Waals surface area contributed by atoms with Crippen LogP contribution in [0, 0.1) is 31.1 Å². The predicted molar refractivity (Wildman–Crippen MR) is 32.0 cm³/mol. The molecule has 0 bridgehead atoms. The summed E-state index contributed by atoms with van der Waals surface area (Å²) in [7, 11) is -3.17. The van der Waals surface area contributed by atoms with E-state index >= 15 is 0 Å². The zero-order chi connectivity index (χ0) is 6.62. The van der Waals surface area contributed by atoms with Gasteiger partial charge < -0.3 is 9.42 Å². The quantitative estimate of drug-likeness (QED) is 0.754. The Labute approximate surface area is 79.1 Å². The normalized spacial score (nSPS) is 15.9. The van der Waals surface area contributed by atoms with E-state index in [2.05, 4.69) is 4.52 Å². The molecule has 0 fully saturated rings. The molecule has 0 rings (SSSR count). The summed E-state index contributed by atoms with van der Waals surface area (Å²) in [6.07, 6.45) is 0.195. The summed E-state index contributed by atoms with van der Waals surface area (Å²) in [5, 5.41) is 0. The molecule has 1 unspecified atom stereocenters. The Morgan fingerprint density at radius 1 is 1.56 bits per heavy atom. The number of rotatable bonds is 3. The van der Waals surface area contributed by atoms with Gasteiger partial charge in [-0.15, -0.1) is 0 Å². The molecule has 1 N–H and O–H groups in total. The minimum atomic E-state index is -3.17. The molecule has 0 aliphatic rings. The number of hydrogen-bond acceptors (Lipinski definition) is 2. The zero-order valence-corrected chi connectivity index (χ0v) is 10.7. The van der Waals surface area contributed by atoms with Gasteiger partial charge in [0.05, 0.1) is 6.61 Å². The van der Waals surface area contributed by atoms with Gasteiger partial charge in [-0.1, -0.05) is 6.92 Å². The topological polar surface area (TPSA) is 46.5 Å². The minimum absolute atomic E-state index is 0. The maximum absolute atomic E-state index is 10.5. The van der Waals surface area contributed by atoms with Gasteiger partial charge in [-0.05, 0) is 6.92 Å². The molecular weight excluding hydrogens is 365 g/mol. The van der Waals surface area contributed by atoms with Crippen molar-refractivity contribution in [2.75, 3.05) is 12.8 Å². The molecule has 9 heavy (non-hydrogen) atoms. The van der Waals surface area contributed by atoms with Crippen molar-refractivity contribution >= 4 is 7.60 Å². The molecule has 0 aromatic rings. The monoisotopic (exact) mass is 376 g/mol. The van der Waals surface area contributed by atoms with E-state index in [1.54, 1.807) is 13.8 Å². The van der Waals surface area contributed by atoms with Crippen molar-refractivity contribution in [1.82, 2.24) is 0 Å². The van der Waals surface area contributed by atoms with Crippen LogP contribution in [-0.4, -0.2) is 17.7 Å². The second-order valence-corrected chi connectivity index (χ2v) is 3.54. The molecule has 0 aliphatic heterocycles. The second kappa shape index (κ2) is 5.95. The van der Waals surface area contributed by atoms with Crippen molar-refractivity contribution in [2.45, 2.75) is 13.8 Å². The van der Waals surface area contributed by atoms with Crippen molar-refractivity contribution in [2.24, 2.45) is 0 Å². The van der Waals surface area contributed by atoms with E-state index in [0.29, 0.717) is 6.61 Å². The van der Waals surface area contributed by atoms with E-state index in [1.807, 2.05) is 0 Å². The van der Waals surface area contributed by atoms with Gasteiger partial charge in [0.1, 0.15) is 0 Å². The Morgan fingerprint density at radius 2 is 2.00 bits per heavy atom. The molecule has 0 aromatic carbocycles. The number of hydrogen-bond donors (Lipinski definition) is 1. The SMILES string of the molecule is CCOP(=O)(O)CC.[U]. The zero-order valence-electron chi connectivity index (χ0n) is 5.63. The predicted octanol–water partition coefficient (Wildman–Crippen LogP) is 1.23. The van der Waals surface area contributed by atoms with Crippen molar-refractivity contribution in [3.05, 3.63) is 0 Å². The molecule has 0 aromatic heterocycles. The second-order valence-electron chi connectivity index (χ2n) is 1.37. The van der Waals surface area contributed by atoms with Crippen LogP contribution in [0.4, 0.5) is 0 Å². The Morgan fingerprint density at radius 3 is 2.11 bits per heavy atom. The van der Waals surface area contributed by atoms with Gasteiger partial charge in [0.2, 0.25) is 0 Å². The van der Waals surface area contributed by atoms with Crippen LogP contribution in [0.3, 0.4) is 0 Å². The smallest absolute Gasteiger partial charge is 0.324 e. The van der Waals surface area contributed by atoms with Crippen molar-refractivity contribution in [1.29, 1.82) is 0 Å². The van der Waals surface area contributed by atoms with Crippen molar-refractivity contribution in [3.8, 4) is 0 Å². The summed E-state index contributed by atoms with van der Waals surface area (Å²) in [4.78, 5) is 8.66. The maximum atomic E-state index is 10.5. The van der Waals surface area contributed by atoms with Gasteiger partial charge in [0.25, 0.3) is 0 Å². The van der Waals surface area contributed by atoms with Crippen LogP contribution in [0.5, 0.6) is 0 Å². The molecule has 0 saturated carbocycles. The first-order chi connectivity index (χ1) is 3.62. The molecule has 0 heterocycles. The van der Waals surface area contributed by atoms with Gasteiger partial charge in [-0.25, -0.2) is 0 Å². The Balaban J connectivity index is 0. The molecule has 0 saturated heterocycles. The molecule has 5 heteroatoms. The van der Waals surface area contributed by atoms with E-state index < -0.39 is 7.60 Å². The molecule has 0 spiro atoms. The van der Waals surface area contributed by atoms with E-state index in [-0.39, 0.29) is 37.3 Å². The third-order valence-corrected chi connectivity index (χ3v) is 2.19. The van der Waals surface area contributed by atoms with Gasteiger partial charge in [0, 0.05) is 37.3 Å². The largest absolute Gasteiger partial charge is 0.327 e. The summed E-state index contributed by atoms with van der Waals surface area (Å²) in [5.41, 5.74) is 0. The molecule has 54 valence electrons. The summed E-state index contributed by atoms with van der Waals surface area (Å²) in [6.45, 7) is 3.62. The van der Waals surface area contributed by atoms with Gasteiger partial charge in [-0.2, -0.15) is 0 Å². The van der Waals surface area contributed by atoms with Crippen LogP contribution in [0.2, 0.25) is 0 Å². The fraction of sp³-hybridized carbons (Fsp3) is 1.00. The van der Waals surface area contributed by atoms with E-state index in [1.165, 1.54) is 0 Å². The molecule has 0 amide bonds. The van der Waals surface area contributed by atoms with Crippen LogP contribution < -0.4 is 0 Å². The fourth-order valence-corrected chi connectivity index (χ4v) is 0.879. The van der Waals surface area contributed by atoms with Crippen LogP contribution in [0.15, 0.2) is 0 Å². The Kier molecular flexibility index (Phi) is 8.49. The molecule has 0 radical (unpaired) electrons. The Bertz CT molecular complexity index is 106. The van der Waals surface area contributed by atoms with Gasteiger partial charge in [0.15, 0.2) is 0 Å². The summed E-state index contributed by atoms with van der Waals surface area (Å²) in [6, 6.07) is 0. The molecular formula is C4H11O3PU. The van der Waals surface area contributed by atoms with E-state index in [0.717, 1.165) is 0 Å². The molecule has 0 aliphatic carbocycles. The molecule has 3 nitrogen and oxygen atoms in total. The minimum Gasteiger partial charge on any atom is -0.324 e.